The fourth-order valence-corrected chi connectivity index (χ4v) is 5.29. The van der Waals surface area contributed by atoms with Gasteiger partial charge in [0.2, 0.25) is 5.91 Å². The van der Waals surface area contributed by atoms with Gasteiger partial charge in [-0.1, -0.05) is 25.1 Å². The molecule has 3 unspecified atom stereocenters. The molecule has 0 aromatic heterocycles. The van der Waals surface area contributed by atoms with Gasteiger partial charge in [-0.2, -0.15) is 0 Å². The lowest BCUT2D eigenvalue weighted by atomic mass is 9.79. The molecule has 5 rings (SSSR count). The van der Waals surface area contributed by atoms with Gasteiger partial charge in [0, 0.05) is 54.6 Å². The first-order valence-electron chi connectivity index (χ1n) is 11.2. The van der Waals surface area contributed by atoms with Gasteiger partial charge >= 0.3 is 0 Å². The SMILES string of the molecule is CC(=O)N1c2ccc(N3CCOCC3)cc2C(Nc2ccccc2)C(C)C1C1CC1. The highest BCUT2D eigenvalue weighted by Gasteiger charge is 2.47. The molecule has 3 aliphatic rings. The van der Waals surface area contributed by atoms with Crippen LogP contribution in [-0.4, -0.2) is 38.3 Å². The molecule has 2 fully saturated rings. The first-order chi connectivity index (χ1) is 14.6. The number of hydrogen-bond donors (Lipinski definition) is 1. The summed E-state index contributed by atoms with van der Waals surface area (Å²) in [7, 11) is 0. The van der Waals surface area contributed by atoms with Crippen LogP contribution in [0.3, 0.4) is 0 Å². The van der Waals surface area contributed by atoms with E-state index in [-0.39, 0.29) is 18.0 Å². The van der Waals surface area contributed by atoms with Crippen molar-refractivity contribution >= 4 is 23.0 Å². The minimum atomic E-state index is 0.150. The molecule has 1 saturated heterocycles. The van der Waals surface area contributed by atoms with Gasteiger partial charge in [-0.3, -0.25) is 4.79 Å². The fourth-order valence-electron chi connectivity index (χ4n) is 5.29. The zero-order valence-corrected chi connectivity index (χ0v) is 17.9. The third kappa shape index (κ3) is 3.56. The Kier molecular flexibility index (Phi) is 5.15. The molecule has 5 nitrogen and oxygen atoms in total. The lowest BCUT2D eigenvalue weighted by Crippen LogP contribution is -2.51. The van der Waals surface area contributed by atoms with Crippen LogP contribution >= 0.6 is 0 Å². The number of ether oxygens (including phenoxy) is 1. The van der Waals surface area contributed by atoms with E-state index in [1.54, 1.807) is 6.92 Å². The smallest absolute Gasteiger partial charge is 0.224 e. The first-order valence-corrected chi connectivity index (χ1v) is 11.2. The van der Waals surface area contributed by atoms with Gasteiger partial charge in [-0.25, -0.2) is 0 Å². The molecule has 1 N–H and O–H groups in total. The number of nitrogens with one attached hydrogen (secondary N) is 1. The van der Waals surface area contributed by atoms with E-state index in [0.717, 1.165) is 37.7 Å². The van der Waals surface area contributed by atoms with Gasteiger partial charge in [0.1, 0.15) is 0 Å². The van der Waals surface area contributed by atoms with E-state index in [4.69, 9.17) is 4.74 Å². The summed E-state index contributed by atoms with van der Waals surface area (Å²) in [6.45, 7) is 7.38. The van der Waals surface area contributed by atoms with E-state index < -0.39 is 0 Å². The number of nitrogens with zero attached hydrogens (tertiary/aromatic N) is 2. The van der Waals surface area contributed by atoms with Crippen molar-refractivity contribution in [2.45, 2.75) is 38.8 Å². The van der Waals surface area contributed by atoms with Crippen molar-refractivity contribution < 1.29 is 9.53 Å². The van der Waals surface area contributed by atoms with Crippen LogP contribution in [0.15, 0.2) is 48.5 Å². The fraction of sp³-hybridized carbons (Fsp3) is 0.480. The highest BCUT2D eigenvalue weighted by Crippen LogP contribution is 2.50. The van der Waals surface area contributed by atoms with Crippen molar-refractivity contribution in [1.29, 1.82) is 0 Å². The van der Waals surface area contributed by atoms with Crippen LogP contribution in [0.25, 0.3) is 0 Å². The predicted octanol–water partition coefficient (Wildman–Crippen LogP) is 4.46. The Labute approximate surface area is 179 Å². The van der Waals surface area contributed by atoms with Gasteiger partial charge in [-0.05, 0) is 49.1 Å². The number of para-hydroxylation sites is 1. The second-order valence-electron chi connectivity index (χ2n) is 8.91. The Balaban J connectivity index is 1.58. The molecule has 0 spiro atoms. The number of morpholine rings is 1. The maximum atomic E-state index is 12.8. The third-order valence-corrected chi connectivity index (χ3v) is 6.88. The maximum absolute atomic E-state index is 12.8. The standard InChI is InChI=1S/C25H31N3O2/c1-17-24(26-20-6-4-3-5-7-20)22-16-21(27-12-14-30-15-13-27)10-11-23(22)28(18(2)29)25(17)19-8-9-19/h3-7,10-11,16-17,19,24-26H,8-9,12-15H2,1-2H3. The Bertz CT molecular complexity index is 906. The number of amides is 1. The summed E-state index contributed by atoms with van der Waals surface area (Å²) in [4.78, 5) is 17.3. The highest BCUT2D eigenvalue weighted by atomic mass is 16.5. The first kappa shape index (κ1) is 19.4. The van der Waals surface area contributed by atoms with E-state index in [1.807, 2.05) is 6.07 Å². The second kappa shape index (κ2) is 7.95. The Morgan fingerprint density at radius 2 is 1.80 bits per heavy atom. The topological polar surface area (TPSA) is 44.8 Å². The molecule has 3 atom stereocenters. The zero-order valence-electron chi connectivity index (χ0n) is 17.9. The maximum Gasteiger partial charge on any atom is 0.224 e. The van der Waals surface area contributed by atoms with Crippen molar-refractivity contribution in [1.82, 2.24) is 0 Å². The molecule has 2 aromatic rings. The summed E-state index contributed by atoms with van der Waals surface area (Å²) in [6, 6.07) is 17.5. The summed E-state index contributed by atoms with van der Waals surface area (Å²) in [6.07, 6.45) is 2.44. The van der Waals surface area contributed by atoms with Gasteiger partial charge in [0.15, 0.2) is 0 Å². The Morgan fingerprint density at radius 1 is 1.07 bits per heavy atom. The zero-order chi connectivity index (χ0) is 20.7. The molecule has 0 radical (unpaired) electrons. The van der Waals surface area contributed by atoms with Crippen LogP contribution in [0.4, 0.5) is 17.1 Å². The van der Waals surface area contributed by atoms with Crippen LogP contribution in [0.2, 0.25) is 0 Å². The lowest BCUT2D eigenvalue weighted by Gasteiger charge is -2.46. The molecule has 1 saturated carbocycles. The number of carbonyl (C=O) groups excluding carboxylic acids is 1. The number of hydrogen-bond acceptors (Lipinski definition) is 4. The number of benzene rings is 2. The summed E-state index contributed by atoms with van der Waals surface area (Å²) < 4.78 is 5.54. The van der Waals surface area contributed by atoms with Gasteiger partial charge in [-0.15, -0.1) is 0 Å². The van der Waals surface area contributed by atoms with Gasteiger partial charge < -0.3 is 19.9 Å². The number of anilines is 3. The molecular formula is C25H31N3O2. The minimum Gasteiger partial charge on any atom is -0.378 e. The van der Waals surface area contributed by atoms with E-state index >= 15 is 0 Å². The highest BCUT2D eigenvalue weighted by molar-refractivity contribution is 5.94. The van der Waals surface area contributed by atoms with E-state index in [9.17, 15) is 4.79 Å². The van der Waals surface area contributed by atoms with E-state index in [1.165, 1.54) is 24.1 Å². The number of rotatable bonds is 4. The van der Waals surface area contributed by atoms with E-state index in [2.05, 4.69) is 64.5 Å². The predicted molar refractivity (Wildman–Crippen MR) is 121 cm³/mol. The largest absolute Gasteiger partial charge is 0.378 e. The molecule has 1 amide bonds. The summed E-state index contributed by atoms with van der Waals surface area (Å²) in [5, 5.41) is 3.81. The summed E-state index contributed by atoms with van der Waals surface area (Å²) in [5.74, 6) is 1.09. The Hall–Kier alpha value is -2.53. The molecular weight excluding hydrogens is 374 g/mol. The number of carbonyl (C=O) groups is 1. The normalized spacial score (nSPS) is 26.3. The van der Waals surface area contributed by atoms with Crippen molar-refractivity contribution in [3.05, 3.63) is 54.1 Å². The monoisotopic (exact) mass is 405 g/mol. The Morgan fingerprint density at radius 3 is 2.47 bits per heavy atom. The van der Waals surface area contributed by atoms with Crippen LogP contribution in [0, 0.1) is 11.8 Å². The minimum absolute atomic E-state index is 0.150. The average molecular weight is 406 g/mol. The van der Waals surface area contributed by atoms with Crippen LogP contribution in [0.5, 0.6) is 0 Å². The van der Waals surface area contributed by atoms with E-state index in [0.29, 0.717) is 11.8 Å². The third-order valence-electron chi connectivity index (χ3n) is 6.88. The molecule has 2 aromatic carbocycles. The van der Waals surface area contributed by atoms with Crippen molar-refractivity contribution in [3.8, 4) is 0 Å². The van der Waals surface area contributed by atoms with Crippen molar-refractivity contribution in [3.63, 3.8) is 0 Å². The molecule has 2 heterocycles. The molecule has 158 valence electrons. The summed E-state index contributed by atoms with van der Waals surface area (Å²) >= 11 is 0. The molecule has 30 heavy (non-hydrogen) atoms. The lowest BCUT2D eigenvalue weighted by molar-refractivity contribution is -0.117. The molecule has 0 bridgehead atoms. The van der Waals surface area contributed by atoms with Crippen LogP contribution < -0.4 is 15.1 Å². The van der Waals surface area contributed by atoms with Crippen LogP contribution in [-0.2, 0) is 9.53 Å². The molecule has 2 aliphatic heterocycles. The van der Waals surface area contributed by atoms with Crippen LogP contribution in [0.1, 0.15) is 38.3 Å². The second-order valence-corrected chi connectivity index (χ2v) is 8.91. The van der Waals surface area contributed by atoms with Gasteiger partial charge in [0.25, 0.3) is 0 Å². The van der Waals surface area contributed by atoms with Crippen molar-refractivity contribution in [2.75, 3.05) is 41.4 Å². The molecule has 5 heteroatoms. The average Bonchev–Trinajstić information content (AvgIpc) is 3.61. The molecule has 1 aliphatic carbocycles. The quantitative estimate of drug-likeness (QED) is 0.816. The van der Waals surface area contributed by atoms with Crippen molar-refractivity contribution in [2.24, 2.45) is 11.8 Å². The van der Waals surface area contributed by atoms with Gasteiger partial charge in [0.05, 0.1) is 19.3 Å². The summed E-state index contributed by atoms with van der Waals surface area (Å²) in [5.41, 5.74) is 4.64. The number of fused-ring (bicyclic) bond motifs is 1.